The van der Waals surface area contributed by atoms with Crippen LogP contribution < -0.4 is 5.32 Å². The van der Waals surface area contributed by atoms with Crippen molar-refractivity contribution in [1.82, 2.24) is 5.32 Å². The van der Waals surface area contributed by atoms with Crippen LogP contribution in [0.2, 0.25) is 0 Å². The molecule has 0 spiro atoms. The van der Waals surface area contributed by atoms with Crippen molar-refractivity contribution >= 4 is 29.4 Å². The third-order valence-electron chi connectivity index (χ3n) is 1.47. The van der Waals surface area contributed by atoms with Gasteiger partial charge in [-0.2, -0.15) is 0 Å². The van der Waals surface area contributed by atoms with Crippen LogP contribution in [-0.4, -0.2) is 33.6 Å². The van der Waals surface area contributed by atoms with E-state index in [9.17, 15) is 14.4 Å². The maximum absolute atomic E-state index is 11.0. The second-order valence-corrected chi connectivity index (χ2v) is 3.41. The molecular formula is C8H12ClNO5. The summed E-state index contributed by atoms with van der Waals surface area (Å²) < 4.78 is 0. The molecule has 1 atom stereocenters. The summed E-state index contributed by atoms with van der Waals surface area (Å²) in [4.78, 5) is 31.3. The Morgan fingerprint density at radius 3 is 2.20 bits per heavy atom. The lowest BCUT2D eigenvalue weighted by Crippen LogP contribution is -2.32. The van der Waals surface area contributed by atoms with Gasteiger partial charge in [-0.25, -0.2) is 0 Å². The fraction of sp³-hybridized carbons (Fsp3) is 0.625. The lowest BCUT2D eigenvalue weighted by Gasteiger charge is -2.08. The van der Waals surface area contributed by atoms with E-state index in [0.29, 0.717) is 0 Å². The summed E-state index contributed by atoms with van der Waals surface area (Å²) >= 11 is 5.48. The van der Waals surface area contributed by atoms with Crippen LogP contribution in [-0.2, 0) is 14.4 Å². The Hall–Kier alpha value is -1.30. The van der Waals surface area contributed by atoms with Crippen molar-refractivity contribution < 1.29 is 24.6 Å². The lowest BCUT2D eigenvalue weighted by atomic mass is 10.2. The van der Waals surface area contributed by atoms with Gasteiger partial charge in [-0.15, -0.1) is 0 Å². The molecule has 0 heterocycles. The first-order valence-electron chi connectivity index (χ1n) is 4.29. The summed E-state index contributed by atoms with van der Waals surface area (Å²) in [5, 5.41) is 18.9. The van der Waals surface area contributed by atoms with Crippen molar-refractivity contribution in [1.29, 1.82) is 0 Å². The number of hydrogen-bond acceptors (Lipinski definition) is 3. The quantitative estimate of drug-likeness (QED) is 0.439. The molecule has 86 valence electrons. The topological polar surface area (TPSA) is 104 Å². The van der Waals surface area contributed by atoms with Gasteiger partial charge in [0.2, 0.25) is 5.91 Å². The molecule has 0 rings (SSSR count). The molecule has 3 N–H and O–H groups in total. The van der Waals surface area contributed by atoms with Gasteiger partial charge in [0.25, 0.3) is 0 Å². The first-order valence-corrected chi connectivity index (χ1v) is 4.72. The fourth-order valence-corrected chi connectivity index (χ4v) is 1.11. The zero-order valence-electron chi connectivity index (χ0n) is 7.90. The van der Waals surface area contributed by atoms with Crippen LogP contribution in [0.5, 0.6) is 0 Å². The Bertz CT molecular complexity index is 255. The van der Waals surface area contributed by atoms with Crippen LogP contribution in [0, 0.1) is 0 Å². The molecular weight excluding hydrogens is 226 g/mol. The molecule has 0 aromatic carbocycles. The summed E-state index contributed by atoms with van der Waals surface area (Å²) in [7, 11) is 0. The predicted molar refractivity (Wildman–Crippen MR) is 51.5 cm³/mol. The number of rotatable bonds is 7. The van der Waals surface area contributed by atoms with E-state index in [-0.39, 0.29) is 25.7 Å². The molecule has 0 aliphatic rings. The highest BCUT2D eigenvalue weighted by Gasteiger charge is 2.12. The summed E-state index contributed by atoms with van der Waals surface area (Å²) in [6.45, 7) is 0. The summed E-state index contributed by atoms with van der Waals surface area (Å²) in [6.07, 6.45) is -0.238. The molecule has 6 nitrogen and oxygen atoms in total. The van der Waals surface area contributed by atoms with Crippen LogP contribution in [0.1, 0.15) is 25.7 Å². The van der Waals surface area contributed by atoms with Crippen molar-refractivity contribution in [3.05, 3.63) is 0 Å². The number of carbonyl (C=O) groups excluding carboxylic acids is 1. The number of hydrogen-bond donors (Lipinski definition) is 3. The van der Waals surface area contributed by atoms with Gasteiger partial charge in [0.05, 0.1) is 6.42 Å². The monoisotopic (exact) mass is 237 g/mol. The largest absolute Gasteiger partial charge is 0.481 e. The number of carboxylic acids is 2. The van der Waals surface area contributed by atoms with E-state index in [1.165, 1.54) is 0 Å². The van der Waals surface area contributed by atoms with Crippen LogP contribution in [0.3, 0.4) is 0 Å². The van der Waals surface area contributed by atoms with Gasteiger partial charge in [-0.05, 0) is 6.42 Å². The van der Waals surface area contributed by atoms with E-state index in [2.05, 4.69) is 5.32 Å². The Morgan fingerprint density at radius 2 is 1.73 bits per heavy atom. The van der Waals surface area contributed by atoms with E-state index in [4.69, 9.17) is 21.8 Å². The molecule has 1 unspecified atom stereocenters. The third kappa shape index (κ3) is 9.01. The van der Waals surface area contributed by atoms with E-state index < -0.39 is 23.3 Å². The Labute approximate surface area is 91.2 Å². The van der Waals surface area contributed by atoms with Gasteiger partial charge in [0, 0.05) is 12.8 Å². The maximum atomic E-state index is 11.0. The van der Waals surface area contributed by atoms with Gasteiger partial charge in [0.15, 0.2) is 0 Å². The second kappa shape index (κ2) is 7.05. The highest BCUT2D eigenvalue weighted by atomic mass is 35.5. The third-order valence-corrected chi connectivity index (χ3v) is 1.73. The van der Waals surface area contributed by atoms with Crippen LogP contribution in [0.15, 0.2) is 0 Å². The van der Waals surface area contributed by atoms with Gasteiger partial charge < -0.3 is 15.5 Å². The van der Waals surface area contributed by atoms with E-state index in [0.717, 1.165) is 0 Å². The average molecular weight is 238 g/mol. The zero-order valence-corrected chi connectivity index (χ0v) is 8.66. The molecule has 0 aromatic rings. The Balaban J connectivity index is 3.64. The SMILES string of the molecule is O=C(O)CCCC(=O)NC(Cl)CC(=O)O. The second-order valence-electron chi connectivity index (χ2n) is 2.88. The molecule has 0 aliphatic heterocycles. The Morgan fingerprint density at radius 1 is 1.13 bits per heavy atom. The van der Waals surface area contributed by atoms with Crippen molar-refractivity contribution in [2.45, 2.75) is 31.2 Å². The number of carboxylic acid groups (broad SMARTS) is 2. The molecule has 0 saturated heterocycles. The highest BCUT2D eigenvalue weighted by Crippen LogP contribution is 2.00. The molecule has 15 heavy (non-hydrogen) atoms. The normalized spacial score (nSPS) is 11.8. The standard InChI is InChI=1S/C8H12ClNO5/c9-5(4-8(14)15)10-6(11)2-1-3-7(12)13/h5H,1-4H2,(H,10,11)(H,12,13)(H,14,15). The average Bonchev–Trinajstić information content (AvgIpc) is 2.00. The molecule has 0 aliphatic carbocycles. The van der Waals surface area contributed by atoms with E-state index in [1.54, 1.807) is 0 Å². The summed E-state index contributed by atoms with van der Waals surface area (Å²) in [5.41, 5.74) is -0.958. The maximum Gasteiger partial charge on any atom is 0.306 e. The van der Waals surface area contributed by atoms with Crippen molar-refractivity contribution in [3.63, 3.8) is 0 Å². The first kappa shape index (κ1) is 13.7. The molecule has 0 radical (unpaired) electrons. The highest BCUT2D eigenvalue weighted by molar-refractivity contribution is 6.22. The summed E-state index contributed by atoms with van der Waals surface area (Å²) in [6, 6.07) is 0. The minimum Gasteiger partial charge on any atom is -0.481 e. The molecule has 0 fully saturated rings. The number of alkyl halides is 1. The van der Waals surface area contributed by atoms with E-state index >= 15 is 0 Å². The minimum absolute atomic E-state index is 0.0230. The smallest absolute Gasteiger partial charge is 0.306 e. The van der Waals surface area contributed by atoms with Gasteiger partial charge in [-0.3, -0.25) is 14.4 Å². The Kier molecular flexibility index (Phi) is 6.44. The predicted octanol–water partition coefficient (Wildman–Crippen LogP) is 0.397. The minimum atomic E-state index is -1.11. The molecule has 0 bridgehead atoms. The number of amides is 1. The van der Waals surface area contributed by atoms with Crippen LogP contribution in [0.4, 0.5) is 0 Å². The molecule has 0 saturated carbocycles. The summed E-state index contributed by atoms with van der Waals surface area (Å²) in [5.74, 6) is -2.53. The molecule has 1 amide bonds. The van der Waals surface area contributed by atoms with Crippen molar-refractivity contribution in [3.8, 4) is 0 Å². The molecule has 0 aromatic heterocycles. The number of aliphatic carboxylic acids is 2. The van der Waals surface area contributed by atoms with Gasteiger partial charge in [0.1, 0.15) is 5.50 Å². The van der Waals surface area contributed by atoms with Crippen molar-refractivity contribution in [2.24, 2.45) is 0 Å². The number of carbonyl (C=O) groups is 3. The van der Waals surface area contributed by atoms with Crippen molar-refractivity contribution in [2.75, 3.05) is 0 Å². The lowest BCUT2D eigenvalue weighted by molar-refractivity contribution is -0.138. The van der Waals surface area contributed by atoms with Crippen LogP contribution >= 0.6 is 11.6 Å². The van der Waals surface area contributed by atoms with Gasteiger partial charge in [-0.1, -0.05) is 11.6 Å². The number of nitrogens with one attached hydrogen (secondary N) is 1. The zero-order chi connectivity index (χ0) is 11.8. The number of halogens is 1. The first-order chi connectivity index (χ1) is 6.91. The van der Waals surface area contributed by atoms with E-state index in [1.807, 2.05) is 0 Å². The van der Waals surface area contributed by atoms with Gasteiger partial charge >= 0.3 is 11.9 Å². The fourth-order valence-electron chi connectivity index (χ4n) is 0.851. The molecule has 7 heteroatoms. The van der Waals surface area contributed by atoms with Crippen LogP contribution in [0.25, 0.3) is 0 Å².